The average molecular weight is 236 g/mol. The molecule has 2 rings (SSSR count). The van der Waals surface area contributed by atoms with Crippen molar-refractivity contribution in [1.29, 1.82) is 0 Å². The van der Waals surface area contributed by atoms with Crippen LogP contribution in [0, 0.1) is 0 Å². The molecule has 1 saturated carbocycles. The summed E-state index contributed by atoms with van der Waals surface area (Å²) in [5.41, 5.74) is 0.0179. The third-order valence-corrected chi connectivity index (χ3v) is 3.34. The Balaban J connectivity index is 2.41. The van der Waals surface area contributed by atoms with Crippen molar-refractivity contribution in [2.75, 3.05) is 0 Å². The highest BCUT2D eigenvalue weighted by atomic mass is 16.4. The van der Waals surface area contributed by atoms with E-state index in [1.807, 2.05) is 0 Å². The van der Waals surface area contributed by atoms with Crippen molar-refractivity contribution in [3.8, 4) is 0 Å². The van der Waals surface area contributed by atoms with Crippen molar-refractivity contribution in [3.05, 3.63) is 27.7 Å². The molecule has 0 atom stereocenters. The Labute approximate surface area is 99.1 Å². The minimum Gasteiger partial charge on any atom is -0.477 e. The van der Waals surface area contributed by atoms with Crippen LogP contribution in [-0.2, 0) is 7.05 Å². The summed E-state index contributed by atoms with van der Waals surface area (Å²) in [5.74, 6) is -0.876. The zero-order chi connectivity index (χ0) is 12.4. The first-order valence-corrected chi connectivity index (χ1v) is 5.91. The van der Waals surface area contributed by atoms with Crippen LogP contribution in [-0.4, -0.2) is 20.9 Å². The molecule has 1 fully saturated rings. The Bertz CT molecular complexity index is 487. The van der Waals surface area contributed by atoms with E-state index in [1.54, 1.807) is 0 Å². The molecule has 1 N–H and O–H groups in total. The van der Waals surface area contributed by atoms with E-state index in [2.05, 4.69) is 5.10 Å². The summed E-state index contributed by atoms with van der Waals surface area (Å²) in [6.07, 6.45) is 5.60. The molecule has 0 unspecified atom stereocenters. The van der Waals surface area contributed by atoms with Gasteiger partial charge in [-0.25, -0.2) is 9.48 Å². The molecule has 0 saturated heterocycles. The van der Waals surface area contributed by atoms with Gasteiger partial charge in [0.25, 0.3) is 5.56 Å². The molecule has 1 aliphatic carbocycles. The van der Waals surface area contributed by atoms with Gasteiger partial charge < -0.3 is 5.11 Å². The van der Waals surface area contributed by atoms with Gasteiger partial charge in [-0.1, -0.05) is 19.3 Å². The van der Waals surface area contributed by atoms with Crippen molar-refractivity contribution in [3.63, 3.8) is 0 Å². The highest BCUT2D eigenvalue weighted by molar-refractivity contribution is 5.87. The normalized spacial score (nSPS) is 17.0. The van der Waals surface area contributed by atoms with Gasteiger partial charge in [-0.3, -0.25) is 4.79 Å². The molecule has 0 aromatic carbocycles. The van der Waals surface area contributed by atoms with Crippen LogP contribution < -0.4 is 5.56 Å². The van der Waals surface area contributed by atoms with Crippen LogP contribution in [0.2, 0.25) is 0 Å². The number of hydrogen-bond donors (Lipinski definition) is 1. The maximum atomic E-state index is 11.6. The van der Waals surface area contributed by atoms with E-state index in [1.165, 1.54) is 19.5 Å². The van der Waals surface area contributed by atoms with E-state index < -0.39 is 11.5 Å². The van der Waals surface area contributed by atoms with Crippen molar-refractivity contribution in [1.82, 2.24) is 9.78 Å². The predicted octanol–water partition coefficient (Wildman–Crippen LogP) is 1.53. The first-order chi connectivity index (χ1) is 8.09. The van der Waals surface area contributed by atoms with Crippen LogP contribution in [0.5, 0.6) is 0 Å². The SMILES string of the molecule is Cn1nc(C2CCCCC2)cc(C(=O)O)c1=O. The number of rotatable bonds is 2. The lowest BCUT2D eigenvalue weighted by Crippen LogP contribution is -2.28. The zero-order valence-electron chi connectivity index (χ0n) is 9.85. The average Bonchev–Trinajstić information content (AvgIpc) is 2.33. The number of carbonyl (C=O) groups is 1. The highest BCUT2D eigenvalue weighted by Crippen LogP contribution is 2.31. The van der Waals surface area contributed by atoms with Gasteiger partial charge in [0.05, 0.1) is 5.69 Å². The van der Waals surface area contributed by atoms with Crippen LogP contribution >= 0.6 is 0 Å². The van der Waals surface area contributed by atoms with E-state index in [0.717, 1.165) is 36.1 Å². The molecule has 92 valence electrons. The summed E-state index contributed by atoms with van der Waals surface area (Å²) in [5, 5.41) is 13.2. The monoisotopic (exact) mass is 236 g/mol. The van der Waals surface area contributed by atoms with Crippen LogP contribution in [0.3, 0.4) is 0 Å². The van der Waals surface area contributed by atoms with E-state index in [-0.39, 0.29) is 5.56 Å². The van der Waals surface area contributed by atoms with Gasteiger partial charge in [0.1, 0.15) is 5.56 Å². The first-order valence-electron chi connectivity index (χ1n) is 5.91. The molecular weight excluding hydrogens is 220 g/mol. The van der Waals surface area contributed by atoms with Gasteiger partial charge in [0.2, 0.25) is 0 Å². The first kappa shape index (κ1) is 11.8. The second kappa shape index (κ2) is 4.69. The van der Waals surface area contributed by atoms with Crippen molar-refractivity contribution in [2.45, 2.75) is 38.0 Å². The summed E-state index contributed by atoms with van der Waals surface area (Å²) in [7, 11) is 1.50. The smallest absolute Gasteiger partial charge is 0.341 e. The number of carboxylic acids is 1. The Morgan fingerprint density at radius 1 is 1.41 bits per heavy atom. The number of aryl methyl sites for hydroxylation is 1. The van der Waals surface area contributed by atoms with E-state index >= 15 is 0 Å². The molecular formula is C12H16N2O3. The Kier molecular flexibility index (Phi) is 3.26. The molecule has 1 heterocycles. The molecule has 17 heavy (non-hydrogen) atoms. The fourth-order valence-corrected chi connectivity index (χ4v) is 2.38. The topological polar surface area (TPSA) is 72.2 Å². The predicted molar refractivity (Wildman–Crippen MR) is 62.3 cm³/mol. The number of hydrogen-bond acceptors (Lipinski definition) is 3. The zero-order valence-corrected chi connectivity index (χ0v) is 9.85. The molecule has 0 radical (unpaired) electrons. The second-order valence-electron chi connectivity index (χ2n) is 4.55. The minimum atomic E-state index is -1.18. The lowest BCUT2D eigenvalue weighted by atomic mass is 9.86. The van der Waals surface area contributed by atoms with E-state index in [9.17, 15) is 9.59 Å². The lowest BCUT2D eigenvalue weighted by molar-refractivity contribution is 0.0693. The van der Waals surface area contributed by atoms with Crippen LogP contribution in [0.4, 0.5) is 0 Å². The van der Waals surface area contributed by atoms with Gasteiger partial charge in [-0.05, 0) is 18.9 Å². The molecule has 0 bridgehead atoms. The molecule has 1 aliphatic rings. The molecule has 1 aromatic rings. The molecule has 0 amide bonds. The quantitative estimate of drug-likeness (QED) is 0.845. The van der Waals surface area contributed by atoms with Crippen molar-refractivity contribution < 1.29 is 9.90 Å². The van der Waals surface area contributed by atoms with Crippen molar-refractivity contribution >= 4 is 5.97 Å². The number of carboxylic acid groups (broad SMARTS) is 1. The standard InChI is InChI=1S/C12H16N2O3/c1-14-11(15)9(12(16)17)7-10(13-14)8-5-3-2-4-6-8/h7-8H,2-6H2,1H3,(H,16,17). The van der Waals surface area contributed by atoms with Gasteiger partial charge >= 0.3 is 5.97 Å². The minimum absolute atomic E-state index is 0.178. The molecule has 0 spiro atoms. The summed E-state index contributed by atoms with van der Waals surface area (Å²) < 4.78 is 1.13. The van der Waals surface area contributed by atoms with Crippen molar-refractivity contribution in [2.24, 2.45) is 7.05 Å². The van der Waals surface area contributed by atoms with Crippen LogP contribution in [0.1, 0.15) is 54.1 Å². The number of aromatic carboxylic acids is 1. The Morgan fingerprint density at radius 3 is 2.65 bits per heavy atom. The van der Waals surface area contributed by atoms with Gasteiger partial charge in [-0.2, -0.15) is 5.10 Å². The fourth-order valence-electron chi connectivity index (χ4n) is 2.38. The summed E-state index contributed by atoms with van der Waals surface area (Å²) in [6.45, 7) is 0. The Hall–Kier alpha value is -1.65. The second-order valence-corrected chi connectivity index (χ2v) is 4.55. The molecule has 1 aromatic heterocycles. The summed E-state index contributed by atoms with van der Waals surface area (Å²) >= 11 is 0. The third-order valence-electron chi connectivity index (χ3n) is 3.34. The number of nitrogens with zero attached hydrogens (tertiary/aromatic N) is 2. The highest BCUT2D eigenvalue weighted by Gasteiger charge is 2.20. The largest absolute Gasteiger partial charge is 0.477 e. The molecule has 0 aliphatic heterocycles. The molecule has 5 nitrogen and oxygen atoms in total. The maximum Gasteiger partial charge on any atom is 0.341 e. The van der Waals surface area contributed by atoms with Crippen LogP contribution in [0.15, 0.2) is 10.9 Å². The van der Waals surface area contributed by atoms with Gasteiger partial charge in [0.15, 0.2) is 0 Å². The fraction of sp³-hybridized carbons (Fsp3) is 0.583. The van der Waals surface area contributed by atoms with Gasteiger partial charge in [0, 0.05) is 13.0 Å². The summed E-state index contributed by atoms with van der Waals surface area (Å²) in [6, 6.07) is 1.45. The van der Waals surface area contributed by atoms with Gasteiger partial charge in [-0.15, -0.1) is 0 Å². The van der Waals surface area contributed by atoms with E-state index in [0.29, 0.717) is 5.92 Å². The Morgan fingerprint density at radius 2 is 2.06 bits per heavy atom. The maximum absolute atomic E-state index is 11.6. The lowest BCUT2D eigenvalue weighted by Gasteiger charge is -2.21. The van der Waals surface area contributed by atoms with Crippen LogP contribution in [0.25, 0.3) is 0 Å². The number of aromatic nitrogens is 2. The molecule has 5 heteroatoms. The summed E-state index contributed by atoms with van der Waals surface area (Å²) in [4.78, 5) is 22.5. The third kappa shape index (κ3) is 2.38. The van der Waals surface area contributed by atoms with E-state index in [4.69, 9.17) is 5.11 Å².